The zero-order chi connectivity index (χ0) is 20.1. The predicted molar refractivity (Wildman–Crippen MR) is 118 cm³/mol. The summed E-state index contributed by atoms with van der Waals surface area (Å²) in [5.41, 5.74) is 1.01. The zero-order valence-electron chi connectivity index (χ0n) is 15.4. The number of nitrogens with zero attached hydrogens (tertiary/aromatic N) is 2. The maximum absolute atomic E-state index is 13.4. The van der Waals surface area contributed by atoms with E-state index in [9.17, 15) is 17.6 Å². The Morgan fingerprint density at radius 3 is 2.59 bits per heavy atom. The van der Waals surface area contributed by atoms with E-state index in [0.717, 1.165) is 33.2 Å². The first-order valence-corrected chi connectivity index (χ1v) is 9.46. The van der Waals surface area contributed by atoms with Crippen LogP contribution >= 0.6 is 35.3 Å². The summed E-state index contributed by atoms with van der Waals surface area (Å²) in [5.74, 6) is 0.258. The molecule has 0 saturated heterocycles. The van der Waals surface area contributed by atoms with Crippen LogP contribution in [0.15, 0.2) is 34.8 Å². The number of guanidine groups is 1. The Kier molecular flexibility index (Phi) is 8.25. The van der Waals surface area contributed by atoms with Crippen LogP contribution in [0, 0.1) is 5.82 Å². The lowest BCUT2D eigenvalue weighted by Crippen LogP contribution is -2.39. The van der Waals surface area contributed by atoms with Gasteiger partial charge in [0.2, 0.25) is 0 Å². The molecule has 3 N–H and O–H groups in total. The van der Waals surface area contributed by atoms with Gasteiger partial charge in [-0.05, 0) is 30.2 Å². The van der Waals surface area contributed by atoms with Gasteiger partial charge in [0.15, 0.2) is 11.7 Å². The lowest BCUT2D eigenvalue weighted by molar-refractivity contribution is -0.140. The number of benzene rings is 1. The van der Waals surface area contributed by atoms with Crippen LogP contribution in [0.2, 0.25) is 0 Å². The molecule has 158 valence electrons. The number of fused-ring (bicyclic) bond motifs is 1. The van der Waals surface area contributed by atoms with Crippen LogP contribution in [-0.4, -0.2) is 36.1 Å². The fourth-order valence-corrected chi connectivity index (χ4v) is 3.54. The van der Waals surface area contributed by atoms with E-state index in [2.05, 4.69) is 25.6 Å². The predicted octanol–water partition coefficient (Wildman–Crippen LogP) is 4.35. The molecule has 3 aromatic rings. The van der Waals surface area contributed by atoms with Gasteiger partial charge >= 0.3 is 6.18 Å². The van der Waals surface area contributed by atoms with Crippen molar-refractivity contribution in [2.45, 2.75) is 19.0 Å². The summed E-state index contributed by atoms with van der Waals surface area (Å²) in [6.45, 7) is 0.974. The maximum Gasteiger partial charge on any atom is 0.434 e. The van der Waals surface area contributed by atoms with Crippen molar-refractivity contribution in [1.82, 2.24) is 20.6 Å². The summed E-state index contributed by atoms with van der Waals surface area (Å²) in [6, 6.07) is 4.61. The van der Waals surface area contributed by atoms with E-state index < -0.39 is 11.9 Å². The van der Waals surface area contributed by atoms with Crippen LogP contribution < -0.4 is 10.6 Å². The standard InChI is InChI=1S/C18H19F4N5S.HI/c1-23-17(25-7-5-16-27-15(10-28-16)18(20,21)22)24-6-4-11-9-26-14-3-2-12(19)8-13(11)14;/h2-3,8-10,26H,4-7H2,1H3,(H2,23,24,25);1H. The van der Waals surface area contributed by atoms with Crippen molar-refractivity contribution in [2.24, 2.45) is 4.99 Å². The van der Waals surface area contributed by atoms with Crippen LogP contribution in [0.5, 0.6) is 0 Å². The van der Waals surface area contributed by atoms with Gasteiger partial charge in [-0.3, -0.25) is 4.99 Å². The smallest absolute Gasteiger partial charge is 0.361 e. The molecule has 0 atom stereocenters. The van der Waals surface area contributed by atoms with Crippen molar-refractivity contribution in [3.05, 3.63) is 51.9 Å². The van der Waals surface area contributed by atoms with E-state index in [4.69, 9.17) is 0 Å². The fraction of sp³-hybridized carbons (Fsp3) is 0.333. The second-order valence-electron chi connectivity index (χ2n) is 6.05. The SMILES string of the molecule is CN=C(NCCc1nc(C(F)(F)F)cs1)NCCc1c[nH]c2ccc(F)cc12.I. The largest absolute Gasteiger partial charge is 0.434 e. The average molecular weight is 541 g/mol. The number of alkyl halides is 3. The third-order valence-corrected chi connectivity index (χ3v) is 5.02. The molecule has 0 fully saturated rings. The molecule has 29 heavy (non-hydrogen) atoms. The number of thiazole rings is 1. The average Bonchev–Trinajstić information content (AvgIpc) is 3.27. The minimum absolute atomic E-state index is 0. The van der Waals surface area contributed by atoms with Gasteiger partial charge in [0.25, 0.3) is 0 Å². The zero-order valence-corrected chi connectivity index (χ0v) is 18.6. The van der Waals surface area contributed by atoms with E-state index >= 15 is 0 Å². The highest BCUT2D eigenvalue weighted by atomic mass is 127. The molecule has 0 spiro atoms. The molecule has 2 aromatic heterocycles. The molecule has 0 aliphatic rings. The van der Waals surface area contributed by atoms with E-state index in [0.29, 0.717) is 36.9 Å². The molecular weight excluding hydrogens is 521 g/mol. The van der Waals surface area contributed by atoms with Gasteiger partial charge < -0.3 is 15.6 Å². The van der Waals surface area contributed by atoms with Crippen molar-refractivity contribution in [1.29, 1.82) is 0 Å². The van der Waals surface area contributed by atoms with Gasteiger partial charge in [-0.15, -0.1) is 35.3 Å². The third kappa shape index (κ3) is 6.29. The topological polar surface area (TPSA) is 65.1 Å². The van der Waals surface area contributed by atoms with Crippen LogP contribution in [0.4, 0.5) is 17.6 Å². The summed E-state index contributed by atoms with van der Waals surface area (Å²) in [5, 5.41) is 8.46. The molecule has 0 saturated carbocycles. The van der Waals surface area contributed by atoms with Crippen molar-refractivity contribution >= 4 is 52.2 Å². The number of halogens is 5. The number of aliphatic imine (C=N–C) groups is 1. The summed E-state index contributed by atoms with van der Waals surface area (Å²) in [6.07, 6.45) is -1.54. The molecular formula is C18H20F4IN5S. The molecule has 0 unspecified atom stereocenters. The Morgan fingerprint density at radius 1 is 1.21 bits per heavy atom. The number of hydrogen-bond acceptors (Lipinski definition) is 3. The lowest BCUT2D eigenvalue weighted by atomic mass is 10.1. The molecule has 0 aliphatic carbocycles. The van der Waals surface area contributed by atoms with E-state index in [1.165, 1.54) is 12.1 Å². The summed E-state index contributed by atoms with van der Waals surface area (Å²) >= 11 is 0.989. The third-order valence-electron chi connectivity index (χ3n) is 4.11. The number of H-pyrrole nitrogens is 1. The summed E-state index contributed by atoms with van der Waals surface area (Å²) in [7, 11) is 1.61. The Hall–Kier alpha value is -1.89. The number of rotatable bonds is 6. The fourth-order valence-electron chi connectivity index (χ4n) is 2.74. The Labute approximate surface area is 186 Å². The van der Waals surface area contributed by atoms with Gasteiger partial charge in [0, 0.05) is 49.0 Å². The highest BCUT2D eigenvalue weighted by Crippen LogP contribution is 2.30. The Morgan fingerprint density at radius 2 is 1.93 bits per heavy atom. The van der Waals surface area contributed by atoms with Crippen LogP contribution in [0.3, 0.4) is 0 Å². The van der Waals surface area contributed by atoms with Crippen molar-refractivity contribution in [3.8, 4) is 0 Å². The monoisotopic (exact) mass is 541 g/mol. The lowest BCUT2D eigenvalue weighted by Gasteiger charge is -2.11. The summed E-state index contributed by atoms with van der Waals surface area (Å²) in [4.78, 5) is 10.8. The number of hydrogen-bond donors (Lipinski definition) is 3. The van der Waals surface area contributed by atoms with E-state index in [1.54, 1.807) is 13.1 Å². The van der Waals surface area contributed by atoms with Gasteiger partial charge in [-0.1, -0.05) is 0 Å². The second kappa shape index (κ2) is 10.2. The second-order valence-corrected chi connectivity index (χ2v) is 7.00. The van der Waals surface area contributed by atoms with Gasteiger partial charge in [-0.2, -0.15) is 13.2 Å². The molecule has 5 nitrogen and oxygen atoms in total. The van der Waals surface area contributed by atoms with Crippen molar-refractivity contribution in [2.75, 3.05) is 20.1 Å². The molecule has 0 bridgehead atoms. The van der Waals surface area contributed by atoms with Crippen LogP contribution in [-0.2, 0) is 19.0 Å². The van der Waals surface area contributed by atoms with Gasteiger partial charge in [0.1, 0.15) is 5.82 Å². The normalized spacial score (nSPS) is 12.1. The minimum Gasteiger partial charge on any atom is -0.361 e. The van der Waals surface area contributed by atoms with Gasteiger partial charge in [0.05, 0.1) is 5.01 Å². The first-order valence-electron chi connectivity index (χ1n) is 8.58. The summed E-state index contributed by atoms with van der Waals surface area (Å²) < 4.78 is 51.1. The highest BCUT2D eigenvalue weighted by molar-refractivity contribution is 14.0. The molecule has 3 rings (SSSR count). The molecule has 0 aliphatic heterocycles. The molecule has 1 aromatic carbocycles. The van der Waals surface area contributed by atoms with Crippen molar-refractivity contribution in [3.63, 3.8) is 0 Å². The van der Waals surface area contributed by atoms with E-state index in [-0.39, 0.29) is 29.8 Å². The molecule has 11 heteroatoms. The van der Waals surface area contributed by atoms with Crippen molar-refractivity contribution < 1.29 is 17.6 Å². The maximum atomic E-state index is 13.4. The molecule has 2 heterocycles. The quantitative estimate of drug-likeness (QED) is 0.188. The number of nitrogens with one attached hydrogen (secondary N) is 3. The van der Waals surface area contributed by atoms with Gasteiger partial charge in [-0.25, -0.2) is 9.37 Å². The first kappa shape index (κ1) is 23.4. The minimum atomic E-state index is -4.41. The Bertz CT molecular complexity index is 967. The highest BCUT2D eigenvalue weighted by Gasteiger charge is 2.33. The van der Waals surface area contributed by atoms with Crippen LogP contribution in [0.1, 0.15) is 16.3 Å². The number of aromatic amines is 1. The number of aromatic nitrogens is 2. The van der Waals surface area contributed by atoms with Crippen LogP contribution in [0.25, 0.3) is 10.9 Å². The first-order chi connectivity index (χ1) is 13.4. The molecule has 0 amide bonds. The van der Waals surface area contributed by atoms with E-state index in [1.807, 2.05) is 6.20 Å². The Balaban J connectivity index is 0.00000300. The molecule has 0 radical (unpaired) electrons.